The van der Waals surface area contributed by atoms with Crippen LogP contribution in [-0.4, -0.2) is 58.9 Å². The molecule has 1 unspecified atom stereocenters. The SMILES string of the molecule is CCCOCC(=O)N1CC(O)C[C@H]1C(=O)O. The Morgan fingerprint density at radius 1 is 1.50 bits per heavy atom. The highest BCUT2D eigenvalue weighted by Gasteiger charge is 2.38. The van der Waals surface area contributed by atoms with E-state index in [1.165, 1.54) is 4.90 Å². The number of rotatable bonds is 5. The third-order valence-electron chi connectivity index (χ3n) is 2.46. The van der Waals surface area contributed by atoms with Crippen LogP contribution in [0.3, 0.4) is 0 Å². The van der Waals surface area contributed by atoms with E-state index in [9.17, 15) is 14.7 Å². The number of carbonyl (C=O) groups is 2. The summed E-state index contributed by atoms with van der Waals surface area (Å²) in [6.45, 7) is 2.35. The van der Waals surface area contributed by atoms with Gasteiger partial charge in [-0.15, -0.1) is 0 Å². The fraction of sp³-hybridized carbons (Fsp3) is 0.800. The molecule has 1 saturated heterocycles. The van der Waals surface area contributed by atoms with Crippen molar-refractivity contribution in [3.63, 3.8) is 0 Å². The molecule has 1 rings (SSSR count). The monoisotopic (exact) mass is 231 g/mol. The van der Waals surface area contributed by atoms with Crippen LogP contribution >= 0.6 is 0 Å². The summed E-state index contributed by atoms with van der Waals surface area (Å²) in [4.78, 5) is 23.6. The summed E-state index contributed by atoms with van der Waals surface area (Å²) >= 11 is 0. The molecule has 0 aromatic carbocycles. The number of likely N-dealkylation sites (tertiary alicyclic amines) is 1. The predicted molar refractivity (Wildman–Crippen MR) is 54.9 cm³/mol. The minimum absolute atomic E-state index is 0.0747. The van der Waals surface area contributed by atoms with E-state index in [0.717, 1.165) is 6.42 Å². The highest BCUT2D eigenvalue weighted by Crippen LogP contribution is 2.18. The number of ether oxygens (including phenoxy) is 1. The highest BCUT2D eigenvalue weighted by atomic mass is 16.5. The zero-order valence-electron chi connectivity index (χ0n) is 9.26. The Hall–Kier alpha value is -1.14. The van der Waals surface area contributed by atoms with Gasteiger partial charge in [0.1, 0.15) is 12.6 Å². The molecule has 2 atom stereocenters. The molecule has 0 radical (unpaired) electrons. The second-order valence-electron chi connectivity index (χ2n) is 3.84. The normalized spacial score (nSPS) is 24.8. The molecular formula is C10H17NO5. The molecule has 1 fully saturated rings. The Morgan fingerprint density at radius 2 is 2.19 bits per heavy atom. The van der Waals surface area contributed by atoms with Crippen LogP contribution in [0.15, 0.2) is 0 Å². The van der Waals surface area contributed by atoms with Crippen molar-refractivity contribution >= 4 is 11.9 Å². The van der Waals surface area contributed by atoms with Gasteiger partial charge in [-0.3, -0.25) is 4.79 Å². The van der Waals surface area contributed by atoms with E-state index in [1.54, 1.807) is 0 Å². The number of carboxylic acid groups (broad SMARTS) is 1. The number of aliphatic hydroxyl groups excluding tert-OH is 1. The third kappa shape index (κ3) is 3.18. The Kier molecular flexibility index (Phi) is 4.70. The van der Waals surface area contributed by atoms with Crippen molar-refractivity contribution in [1.29, 1.82) is 0 Å². The molecule has 0 spiro atoms. The Bertz CT molecular complexity index is 268. The quantitative estimate of drug-likeness (QED) is 0.620. The fourth-order valence-electron chi connectivity index (χ4n) is 1.71. The van der Waals surface area contributed by atoms with Crippen molar-refractivity contribution in [1.82, 2.24) is 4.90 Å². The lowest BCUT2D eigenvalue weighted by atomic mass is 10.2. The number of amides is 1. The van der Waals surface area contributed by atoms with Gasteiger partial charge in [0, 0.05) is 19.6 Å². The zero-order valence-corrected chi connectivity index (χ0v) is 9.26. The van der Waals surface area contributed by atoms with E-state index in [2.05, 4.69) is 0 Å². The molecule has 1 heterocycles. The van der Waals surface area contributed by atoms with Gasteiger partial charge in [-0.05, 0) is 6.42 Å². The third-order valence-corrected chi connectivity index (χ3v) is 2.46. The number of nitrogens with zero attached hydrogens (tertiary/aromatic N) is 1. The second kappa shape index (κ2) is 5.81. The summed E-state index contributed by atoms with van der Waals surface area (Å²) in [6.07, 6.45) is 0.142. The number of β-amino-alcohol motifs (C(OH)–C–C–N with tert-alkyl or cyclic N) is 1. The number of hydrogen-bond acceptors (Lipinski definition) is 4. The molecule has 0 aromatic heterocycles. The maximum atomic E-state index is 11.6. The number of aliphatic carboxylic acids is 1. The van der Waals surface area contributed by atoms with Crippen molar-refractivity contribution in [2.75, 3.05) is 19.8 Å². The van der Waals surface area contributed by atoms with E-state index in [1.807, 2.05) is 6.92 Å². The molecule has 0 aliphatic carbocycles. The first-order valence-electron chi connectivity index (χ1n) is 5.34. The average Bonchev–Trinajstić information content (AvgIpc) is 2.61. The van der Waals surface area contributed by atoms with Crippen molar-refractivity contribution in [3.8, 4) is 0 Å². The fourth-order valence-corrected chi connectivity index (χ4v) is 1.71. The molecular weight excluding hydrogens is 214 g/mol. The smallest absolute Gasteiger partial charge is 0.326 e. The summed E-state index contributed by atoms with van der Waals surface area (Å²) < 4.78 is 5.05. The van der Waals surface area contributed by atoms with Gasteiger partial charge in [-0.2, -0.15) is 0 Å². The molecule has 1 amide bonds. The average molecular weight is 231 g/mol. The number of carboxylic acids is 1. The minimum Gasteiger partial charge on any atom is -0.480 e. The summed E-state index contributed by atoms with van der Waals surface area (Å²) in [7, 11) is 0. The van der Waals surface area contributed by atoms with Gasteiger partial charge in [-0.25, -0.2) is 4.79 Å². The largest absolute Gasteiger partial charge is 0.480 e. The van der Waals surface area contributed by atoms with Crippen molar-refractivity contribution < 1.29 is 24.5 Å². The van der Waals surface area contributed by atoms with E-state index in [-0.39, 0.29) is 25.5 Å². The van der Waals surface area contributed by atoms with Gasteiger partial charge in [0.25, 0.3) is 0 Å². The minimum atomic E-state index is -1.08. The van der Waals surface area contributed by atoms with Crippen molar-refractivity contribution in [2.45, 2.75) is 31.9 Å². The first-order chi connectivity index (χ1) is 7.56. The van der Waals surface area contributed by atoms with Gasteiger partial charge < -0.3 is 19.8 Å². The molecule has 6 nitrogen and oxygen atoms in total. The summed E-state index contributed by atoms with van der Waals surface area (Å²) in [6, 6.07) is -0.923. The highest BCUT2D eigenvalue weighted by molar-refractivity contribution is 5.85. The number of carbonyl (C=O) groups excluding carboxylic acids is 1. The Balaban J connectivity index is 2.50. The lowest BCUT2D eigenvalue weighted by Gasteiger charge is -2.20. The van der Waals surface area contributed by atoms with E-state index in [4.69, 9.17) is 9.84 Å². The molecule has 16 heavy (non-hydrogen) atoms. The Morgan fingerprint density at radius 3 is 2.75 bits per heavy atom. The summed E-state index contributed by atoms with van der Waals surface area (Å²) in [5, 5.41) is 18.2. The first kappa shape index (κ1) is 12.9. The van der Waals surface area contributed by atoms with Gasteiger partial charge in [0.2, 0.25) is 5.91 Å². The molecule has 1 aliphatic heterocycles. The standard InChI is InChI=1S/C10H17NO5/c1-2-3-16-6-9(13)11-5-7(12)4-8(11)10(14)15/h7-8,12H,2-6H2,1H3,(H,14,15)/t7?,8-/m0/s1. The van der Waals surface area contributed by atoms with Gasteiger partial charge >= 0.3 is 5.97 Å². The van der Waals surface area contributed by atoms with Crippen molar-refractivity contribution in [2.24, 2.45) is 0 Å². The van der Waals surface area contributed by atoms with Crippen LogP contribution < -0.4 is 0 Å². The van der Waals surface area contributed by atoms with Crippen LogP contribution in [0, 0.1) is 0 Å². The second-order valence-corrected chi connectivity index (χ2v) is 3.84. The topological polar surface area (TPSA) is 87.1 Å². The Labute approximate surface area is 93.8 Å². The molecule has 6 heteroatoms. The lowest BCUT2D eigenvalue weighted by Crippen LogP contribution is -2.42. The van der Waals surface area contributed by atoms with E-state index < -0.39 is 18.1 Å². The van der Waals surface area contributed by atoms with Crippen molar-refractivity contribution in [3.05, 3.63) is 0 Å². The van der Waals surface area contributed by atoms with E-state index >= 15 is 0 Å². The lowest BCUT2D eigenvalue weighted by molar-refractivity contribution is -0.150. The van der Waals surface area contributed by atoms with Crippen LogP contribution in [-0.2, 0) is 14.3 Å². The predicted octanol–water partition coefficient (Wildman–Crippen LogP) is -0.541. The van der Waals surface area contributed by atoms with Crippen LogP contribution in [0.25, 0.3) is 0 Å². The van der Waals surface area contributed by atoms with E-state index in [0.29, 0.717) is 6.61 Å². The summed E-state index contributed by atoms with van der Waals surface area (Å²) in [5.41, 5.74) is 0. The van der Waals surface area contributed by atoms with Gasteiger partial charge in [-0.1, -0.05) is 6.92 Å². The van der Waals surface area contributed by atoms with Crippen LogP contribution in [0.1, 0.15) is 19.8 Å². The first-order valence-corrected chi connectivity index (χ1v) is 5.34. The number of hydrogen-bond donors (Lipinski definition) is 2. The summed E-state index contributed by atoms with van der Waals surface area (Å²) in [5.74, 6) is -1.46. The molecule has 0 saturated carbocycles. The molecule has 92 valence electrons. The number of aliphatic hydroxyl groups is 1. The zero-order chi connectivity index (χ0) is 12.1. The van der Waals surface area contributed by atoms with Crippen LogP contribution in [0.5, 0.6) is 0 Å². The maximum Gasteiger partial charge on any atom is 0.326 e. The van der Waals surface area contributed by atoms with Gasteiger partial charge in [0.05, 0.1) is 6.10 Å². The molecule has 2 N–H and O–H groups in total. The molecule has 0 aromatic rings. The molecule has 0 bridgehead atoms. The maximum absolute atomic E-state index is 11.6. The molecule has 1 aliphatic rings. The van der Waals surface area contributed by atoms with Gasteiger partial charge in [0.15, 0.2) is 0 Å². The van der Waals surface area contributed by atoms with Crippen LogP contribution in [0.4, 0.5) is 0 Å². The van der Waals surface area contributed by atoms with Crippen LogP contribution in [0.2, 0.25) is 0 Å².